The van der Waals surface area contributed by atoms with Crippen LogP contribution in [0, 0.1) is 17.8 Å². The summed E-state index contributed by atoms with van der Waals surface area (Å²) in [6.45, 7) is 9.96. The Hall–Kier alpha value is -3.71. The van der Waals surface area contributed by atoms with E-state index in [4.69, 9.17) is 4.74 Å². The number of hydrogen-bond acceptors (Lipinski definition) is 8. The van der Waals surface area contributed by atoms with Crippen molar-refractivity contribution in [2.75, 3.05) is 27.2 Å². The van der Waals surface area contributed by atoms with Crippen LogP contribution >= 0.6 is 0 Å². The zero-order valence-corrected chi connectivity index (χ0v) is 26.4. The molecule has 0 aliphatic carbocycles. The number of ether oxygens (including phenoxy) is 1. The molecule has 2 aliphatic heterocycles. The first-order chi connectivity index (χ1) is 20.0. The van der Waals surface area contributed by atoms with E-state index in [1.807, 2.05) is 0 Å². The maximum Gasteiger partial charge on any atom is 0.308 e. The van der Waals surface area contributed by atoms with Gasteiger partial charge in [-0.05, 0) is 31.6 Å². The fourth-order valence-corrected chi connectivity index (χ4v) is 5.36. The van der Waals surface area contributed by atoms with Gasteiger partial charge in [-0.3, -0.25) is 33.6 Å². The molecule has 0 saturated carbocycles. The van der Waals surface area contributed by atoms with Crippen LogP contribution in [0.25, 0.3) is 0 Å². The second-order valence-electron chi connectivity index (χ2n) is 12.2. The van der Waals surface area contributed by atoms with Crippen molar-refractivity contribution in [3.63, 3.8) is 0 Å². The summed E-state index contributed by atoms with van der Waals surface area (Å²) in [4.78, 5) is 95.5. The number of carbonyl (C=O) groups excluding carboxylic acids is 6. The van der Waals surface area contributed by atoms with Crippen LogP contribution in [0.15, 0.2) is 0 Å². The molecule has 2 saturated heterocycles. The summed E-state index contributed by atoms with van der Waals surface area (Å²) in [5.41, 5.74) is 0. The number of nitrogens with zero attached hydrogens (tertiary/aromatic N) is 3. The smallest absolute Gasteiger partial charge is 0.308 e. The van der Waals surface area contributed by atoms with Crippen molar-refractivity contribution in [2.45, 2.75) is 97.5 Å². The summed E-state index contributed by atoms with van der Waals surface area (Å²) in [6, 6.07) is -3.89. The van der Waals surface area contributed by atoms with Gasteiger partial charge in [0.1, 0.15) is 24.2 Å². The van der Waals surface area contributed by atoms with Crippen molar-refractivity contribution in [3.05, 3.63) is 0 Å². The first kappa shape index (κ1) is 35.5. The highest BCUT2D eigenvalue weighted by Gasteiger charge is 2.43. The van der Waals surface area contributed by atoms with Crippen LogP contribution < -0.4 is 10.6 Å². The molecule has 2 heterocycles. The van der Waals surface area contributed by atoms with Gasteiger partial charge in [0, 0.05) is 33.6 Å². The molecule has 43 heavy (non-hydrogen) atoms. The average Bonchev–Trinajstić information content (AvgIpc) is 3.43. The van der Waals surface area contributed by atoms with E-state index in [1.165, 1.54) is 42.6 Å². The number of esters is 1. The lowest BCUT2D eigenvalue weighted by Gasteiger charge is -2.37. The molecule has 14 heteroatoms. The van der Waals surface area contributed by atoms with Gasteiger partial charge in [-0.25, -0.2) is 0 Å². The second kappa shape index (κ2) is 15.1. The third-order valence-electron chi connectivity index (χ3n) is 8.19. The maximum atomic E-state index is 13.8. The van der Waals surface area contributed by atoms with Gasteiger partial charge in [0.15, 0.2) is 6.10 Å². The Morgan fingerprint density at radius 1 is 0.930 bits per heavy atom. The van der Waals surface area contributed by atoms with Crippen LogP contribution in [0.5, 0.6) is 0 Å². The summed E-state index contributed by atoms with van der Waals surface area (Å²) in [7, 11) is 2.93. The minimum atomic E-state index is -1.46. The Kier molecular flexibility index (Phi) is 12.5. The molecular weight excluding hydrogens is 562 g/mol. The second-order valence-corrected chi connectivity index (χ2v) is 12.2. The summed E-state index contributed by atoms with van der Waals surface area (Å²) in [5, 5.41) is 14.8. The van der Waals surface area contributed by atoms with Gasteiger partial charge < -0.3 is 35.2 Å². The van der Waals surface area contributed by atoms with E-state index >= 15 is 0 Å². The topological polar surface area (TPSA) is 183 Å². The number of aliphatic carboxylic acids is 1. The van der Waals surface area contributed by atoms with Crippen molar-refractivity contribution in [3.8, 4) is 0 Å². The molecule has 2 fully saturated rings. The van der Waals surface area contributed by atoms with Crippen molar-refractivity contribution in [1.29, 1.82) is 0 Å². The molecule has 0 spiro atoms. The third-order valence-corrected chi connectivity index (χ3v) is 8.19. The predicted octanol–water partition coefficient (Wildman–Crippen LogP) is -0.00940. The maximum absolute atomic E-state index is 13.8. The number of carboxylic acid groups (broad SMARTS) is 1. The number of fused-ring (bicyclic) bond motifs is 1. The highest BCUT2D eigenvalue weighted by atomic mass is 16.5. The highest BCUT2D eigenvalue weighted by molar-refractivity contribution is 5.96. The minimum absolute atomic E-state index is 0.157. The monoisotopic (exact) mass is 609 g/mol. The van der Waals surface area contributed by atoms with Crippen molar-refractivity contribution < 1.29 is 43.4 Å². The van der Waals surface area contributed by atoms with Crippen LogP contribution in [-0.4, -0.2) is 119 Å². The molecule has 14 nitrogen and oxygen atoms in total. The number of cyclic esters (lactones) is 1. The molecule has 2 aliphatic rings. The lowest BCUT2D eigenvalue weighted by molar-refractivity contribution is -0.164. The van der Waals surface area contributed by atoms with Gasteiger partial charge >= 0.3 is 11.9 Å². The van der Waals surface area contributed by atoms with Crippen molar-refractivity contribution in [1.82, 2.24) is 25.3 Å². The first-order valence-corrected chi connectivity index (χ1v) is 14.8. The largest absolute Gasteiger partial charge is 0.481 e. The van der Waals surface area contributed by atoms with Gasteiger partial charge in [-0.1, -0.05) is 34.6 Å². The molecule has 0 radical (unpaired) electrons. The molecule has 6 atom stereocenters. The fourth-order valence-electron chi connectivity index (χ4n) is 5.36. The fraction of sp³-hybridized carbons (Fsp3) is 0.759. The lowest BCUT2D eigenvalue weighted by atomic mass is 9.97. The number of amides is 5. The minimum Gasteiger partial charge on any atom is -0.481 e. The van der Waals surface area contributed by atoms with E-state index in [0.717, 1.165) is 0 Å². The normalized spacial score (nSPS) is 28.1. The molecule has 5 amide bonds. The lowest BCUT2D eigenvalue weighted by Crippen LogP contribution is -2.60. The first-order valence-electron chi connectivity index (χ1n) is 14.8. The van der Waals surface area contributed by atoms with Crippen LogP contribution in [0.1, 0.15) is 67.2 Å². The van der Waals surface area contributed by atoms with E-state index in [-0.39, 0.29) is 37.8 Å². The predicted molar refractivity (Wildman–Crippen MR) is 154 cm³/mol. The molecule has 0 aromatic carbocycles. The number of carbonyl (C=O) groups is 7. The molecule has 2 rings (SSSR count). The van der Waals surface area contributed by atoms with E-state index in [9.17, 15) is 38.7 Å². The third kappa shape index (κ3) is 8.66. The van der Waals surface area contributed by atoms with Crippen LogP contribution in [0.4, 0.5) is 0 Å². The Morgan fingerprint density at radius 2 is 1.56 bits per heavy atom. The number of likely N-dealkylation sites (N-methyl/N-ethyl adjacent to an activating group) is 2. The summed E-state index contributed by atoms with van der Waals surface area (Å²) in [6.07, 6.45) is -1.32. The highest BCUT2D eigenvalue weighted by Crippen LogP contribution is 2.24. The van der Waals surface area contributed by atoms with Crippen LogP contribution in [-0.2, 0) is 38.3 Å². The average molecular weight is 610 g/mol. The van der Waals surface area contributed by atoms with Gasteiger partial charge in [0.2, 0.25) is 23.6 Å². The quantitative estimate of drug-likeness (QED) is 0.361. The van der Waals surface area contributed by atoms with E-state index in [0.29, 0.717) is 12.8 Å². The van der Waals surface area contributed by atoms with Gasteiger partial charge in [0.05, 0.1) is 12.3 Å². The van der Waals surface area contributed by atoms with Crippen LogP contribution in [0.2, 0.25) is 0 Å². The molecule has 0 aromatic heterocycles. The summed E-state index contributed by atoms with van der Waals surface area (Å²) in [5.74, 6) is -6.56. The molecule has 242 valence electrons. The number of nitrogens with one attached hydrogen (secondary N) is 2. The Balaban J connectivity index is 2.53. The van der Waals surface area contributed by atoms with Crippen LogP contribution in [0.3, 0.4) is 0 Å². The SMILES string of the molecule is CC(CC1OC(=O)CCNC(=O)C(C)N(C)C(=O)C(C(C)C)N(C)C(=O)C(C(C)C)NC(=O)C2CCCN2C1=O)C(=O)O. The van der Waals surface area contributed by atoms with Gasteiger partial charge in [-0.2, -0.15) is 0 Å². The zero-order chi connectivity index (χ0) is 32.8. The summed E-state index contributed by atoms with van der Waals surface area (Å²) < 4.78 is 5.42. The number of rotatable bonds is 5. The Morgan fingerprint density at radius 3 is 2.12 bits per heavy atom. The standard InChI is InChI=1S/C29H47N5O9/c1-15(2)22-27(39)33(8)23(16(3)4)28(40)32(7)18(6)24(36)30-12-11-21(35)43-20(14-17(5)29(41)42)26(38)34-13-9-10-19(34)25(37)31-22/h15-20,22-23H,9-14H2,1-8H3,(H,30,36)(H,31,37)(H,41,42). The van der Waals surface area contributed by atoms with Crippen molar-refractivity contribution >= 4 is 41.5 Å². The molecule has 3 N–H and O–H groups in total. The Labute approximate surface area is 252 Å². The Bertz CT molecular complexity index is 1090. The zero-order valence-electron chi connectivity index (χ0n) is 26.4. The van der Waals surface area contributed by atoms with Gasteiger partial charge in [-0.15, -0.1) is 0 Å². The molecule has 0 aromatic rings. The molecule has 0 bridgehead atoms. The van der Waals surface area contributed by atoms with E-state index in [2.05, 4.69) is 10.6 Å². The van der Waals surface area contributed by atoms with E-state index < -0.39 is 77.7 Å². The number of hydrogen-bond donors (Lipinski definition) is 3. The molecular formula is C29H47N5O9. The van der Waals surface area contributed by atoms with Gasteiger partial charge in [0.25, 0.3) is 5.91 Å². The van der Waals surface area contributed by atoms with Crippen molar-refractivity contribution in [2.24, 2.45) is 17.8 Å². The summed E-state index contributed by atoms with van der Waals surface area (Å²) >= 11 is 0. The van der Waals surface area contributed by atoms with E-state index in [1.54, 1.807) is 27.7 Å². The molecule has 6 unspecified atom stereocenters. The number of carboxylic acids is 1.